The smallest absolute Gasteiger partial charge is 0.461 e. The number of rotatable bonds is 5. The normalized spacial score (nSPS) is 13.2. The summed E-state index contributed by atoms with van der Waals surface area (Å²) in [4.78, 5) is -1.94. The lowest BCUT2D eigenvalue weighted by atomic mass is 10.2. The van der Waals surface area contributed by atoms with Crippen LogP contribution in [0.2, 0.25) is 0 Å². The Kier molecular flexibility index (Phi) is 6.69. The second-order valence-electron chi connectivity index (χ2n) is 5.60. The fourth-order valence-corrected chi connectivity index (χ4v) is 3.55. The number of hydrogen-bond acceptors (Lipinski definition) is 3. The fourth-order valence-electron chi connectivity index (χ4n) is 2.19. The van der Waals surface area contributed by atoms with E-state index in [1.807, 2.05) is 5.92 Å². The van der Waals surface area contributed by atoms with Crippen LogP contribution >= 0.6 is 0 Å². The summed E-state index contributed by atoms with van der Waals surface area (Å²) in [5.41, 5.74) is 0.222. The van der Waals surface area contributed by atoms with Gasteiger partial charge in [0.1, 0.15) is 0 Å². The molecule has 0 aliphatic carbocycles. The van der Waals surface area contributed by atoms with E-state index in [0.29, 0.717) is 0 Å². The van der Waals surface area contributed by atoms with Crippen molar-refractivity contribution in [1.82, 2.24) is 0 Å². The van der Waals surface area contributed by atoms with Gasteiger partial charge in [-0.3, -0.25) is 0 Å². The average molecular weight is 430 g/mol. The molecule has 2 aromatic carbocycles. The summed E-state index contributed by atoms with van der Waals surface area (Å²) in [5.74, 6) is -3.33. The molecule has 0 bridgehead atoms. The van der Waals surface area contributed by atoms with Gasteiger partial charge in [-0.05, 0) is 37.1 Å². The first-order chi connectivity index (χ1) is 13.5. The van der Waals surface area contributed by atoms with Crippen LogP contribution in [-0.2, 0) is 14.6 Å². The molecular weight excluding hydrogens is 415 g/mol. The molecule has 0 N–H and O–H groups in total. The summed E-state index contributed by atoms with van der Waals surface area (Å²) in [6.07, 6.45) is -6.08. The zero-order chi connectivity index (χ0) is 21.7. The van der Waals surface area contributed by atoms with E-state index in [4.69, 9.17) is 0 Å². The predicted octanol–water partition coefficient (Wildman–Crippen LogP) is 4.96. The highest BCUT2D eigenvalue weighted by molar-refractivity contribution is 7.95. The van der Waals surface area contributed by atoms with Gasteiger partial charge in [-0.15, -0.1) is 0 Å². The first kappa shape index (κ1) is 22.4. The Balaban J connectivity index is 2.84. The van der Waals surface area contributed by atoms with Gasteiger partial charge in [0.2, 0.25) is 15.6 Å². The van der Waals surface area contributed by atoms with Crippen LogP contribution < -0.4 is 0 Å². The van der Waals surface area contributed by atoms with E-state index in [1.54, 1.807) is 18.2 Å². The first-order valence-electron chi connectivity index (χ1n) is 8.21. The van der Waals surface area contributed by atoms with Gasteiger partial charge in [0.15, 0.2) is 4.91 Å². The Morgan fingerprint density at radius 3 is 1.93 bits per heavy atom. The SMILES string of the molecule is CCO/C(=C(\C#Cc1ccccc1)S(=O)(=O)c1ccccc1)C(F)(F)C(F)(F)F. The van der Waals surface area contributed by atoms with Crippen molar-refractivity contribution in [3.8, 4) is 11.8 Å². The van der Waals surface area contributed by atoms with Crippen molar-refractivity contribution >= 4 is 9.84 Å². The molecule has 0 radical (unpaired) electrons. The topological polar surface area (TPSA) is 43.4 Å². The van der Waals surface area contributed by atoms with E-state index >= 15 is 0 Å². The van der Waals surface area contributed by atoms with Crippen molar-refractivity contribution in [3.05, 3.63) is 76.9 Å². The van der Waals surface area contributed by atoms with Crippen molar-refractivity contribution in [2.24, 2.45) is 0 Å². The molecule has 2 aromatic rings. The molecule has 0 aliphatic heterocycles. The maximum Gasteiger partial charge on any atom is 0.461 e. The average Bonchev–Trinajstić information content (AvgIpc) is 2.67. The van der Waals surface area contributed by atoms with E-state index < -0.39 is 44.1 Å². The van der Waals surface area contributed by atoms with E-state index in [9.17, 15) is 30.4 Å². The second-order valence-corrected chi connectivity index (χ2v) is 7.48. The monoisotopic (exact) mass is 430 g/mol. The maximum absolute atomic E-state index is 14.2. The van der Waals surface area contributed by atoms with Crippen molar-refractivity contribution in [1.29, 1.82) is 0 Å². The van der Waals surface area contributed by atoms with Gasteiger partial charge in [0.25, 0.3) is 0 Å². The molecule has 2 rings (SSSR count). The summed E-state index contributed by atoms with van der Waals surface area (Å²) in [6, 6.07) is 13.8. The molecule has 0 saturated carbocycles. The second kappa shape index (κ2) is 8.66. The molecule has 29 heavy (non-hydrogen) atoms. The van der Waals surface area contributed by atoms with Gasteiger partial charge in [-0.1, -0.05) is 42.3 Å². The lowest BCUT2D eigenvalue weighted by Crippen LogP contribution is -2.40. The van der Waals surface area contributed by atoms with Crippen LogP contribution in [0.25, 0.3) is 0 Å². The number of halogens is 5. The fraction of sp³-hybridized carbons (Fsp3) is 0.200. The summed E-state index contributed by atoms with van der Waals surface area (Å²) >= 11 is 0. The Hall–Kier alpha value is -2.86. The van der Waals surface area contributed by atoms with Gasteiger partial charge in [0.05, 0.1) is 11.5 Å². The molecule has 0 heterocycles. The van der Waals surface area contributed by atoms with Crippen LogP contribution in [0.3, 0.4) is 0 Å². The highest BCUT2D eigenvalue weighted by Gasteiger charge is 2.63. The molecule has 0 spiro atoms. The molecule has 0 amide bonds. The van der Waals surface area contributed by atoms with Crippen molar-refractivity contribution in [2.75, 3.05) is 6.61 Å². The predicted molar refractivity (Wildman–Crippen MR) is 96.6 cm³/mol. The van der Waals surface area contributed by atoms with Crippen LogP contribution in [0.1, 0.15) is 12.5 Å². The minimum Gasteiger partial charge on any atom is -0.490 e. The maximum atomic E-state index is 14.2. The Labute approximate surface area is 164 Å². The zero-order valence-electron chi connectivity index (χ0n) is 15.0. The molecule has 0 aromatic heterocycles. The van der Waals surface area contributed by atoms with Gasteiger partial charge in [-0.25, -0.2) is 8.42 Å². The van der Waals surface area contributed by atoms with Gasteiger partial charge >= 0.3 is 12.1 Å². The molecule has 0 fully saturated rings. The minimum atomic E-state index is -6.08. The lowest BCUT2D eigenvalue weighted by molar-refractivity contribution is -0.276. The number of ether oxygens (including phenoxy) is 1. The summed E-state index contributed by atoms with van der Waals surface area (Å²) in [7, 11) is -4.84. The number of sulfone groups is 1. The van der Waals surface area contributed by atoms with Gasteiger partial charge < -0.3 is 4.74 Å². The Bertz CT molecular complexity index is 1030. The van der Waals surface area contributed by atoms with E-state index in [2.05, 4.69) is 10.7 Å². The van der Waals surface area contributed by atoms with Crippen LogP contribution in [0.5, 0.6) is 0 Å². The van der Waals surface area contributed by atoms with Crippen molar-refractivity contribution < 1.29 is 35.1 Å². The molecule has 0 saturated heterocycles. The largest absolute Gasteiger partial charge is 0.490 e. The van der Waals surface area contributed by atoms with Crippen LogP contribution in [-0.4, -0.2) is 27.1 Å². The Morgan fingerprint density at radius 1 is 0.931 bits per heavy atom. The third kappa shape index (κ3) is 4.95. The molecule has 9 heteroatoms. The van der Waals surface area contributed by atoms with Gasteiger partial charge in [0, 0.05) is 5.56 Å². The highest BCUT2D eigenvalue weighted by atomic mass is 32.2. The minimum absolute atomic E-state index is 0.222. The summed E-state index contributed by atoms with van der Waals surface area (Å²) in [6.45, 7) is 0.533. The van der Waals surface area contributed by atoms with E-state index in [1.165, 1.54) is 30.3 Å². The number of alkyl halides is 5. The van der Waals surface area contributed by atoms with Gasteiger partial charge in [-0.2, -0.15) is 22.0 Å². The highest BCUT2D eigenvalue weighted by Crippen LogP contribution is 2.44. The molecular formula is C20H15F5O3S. The summed E-state index contributed by atoms with van der Waals surface area (Å²) in [5, 5.41) is 0. The summed E-state index contributed by atoms with van der Waals surface area (Å²) < 4.78 is 97.7. The van der Waals surface area contributed by atoms with Crippen LogP contribution in [0.15, 0.2) is 76.2 Å². The molecule has 0 unspecified atom stereocenters. The molecule has 0 aliphatic rings. The molecule has 0 atom stereocenters. The Morgan fingerprint density at radius 2 is 1.45 bits per heavy atom. The van der Waals surface area contributed by atoms with Crippen LogP contribution in [0.4, 0.5) is 22.0 Å². The standard InChI is InChI=1S/C20H15F5O3S/c1-2-28-18(19(21,22)20(23,24)25)17(14-13-15-9-5-3-6-10-15)29(26,27)16-11-7-4-8-12-16/h3-12H,2H2,1H3/b18-17+. The van der Waals surface area contributed by atoms with E-state index in [-0.39, 0.29) is 5.56 Å². The van der Waals surface area contributed by atoms with Crippen molar-refractivity contribution in [3.63, 3.8) is 0 Å². The lowest BCUT2D eigenvalue weighted by Gasteiger charge is -2.23. The third-order valence-electron chi connectivity index (χ3n) is 3.55. The third-order valence-corrected chi connectivity index (χ3v) is 5.27. The molecule has 3 nitrogen and oxygen atoms in total. The zero-order valence-corrected chi connectivity index (χ0v) is 15.8. The van der Waals surface area contributed by atoms with Crippen LogP contribution in [0, 0.1) is 11.8 Å². The first-order valence-corrected chi connectivity index (χ1v) is 9.69. The quantitative estimate of drug-likeness (QED) is 0.383. The molecule has 154 valence electrons. The number of benzene rings is 2. The number of hydrogen-bond donors (Lipinski definition) is 0. The number of allylic oxidation sites excluding steroid dienone is 2. The van der Waals surface area contributed by atoms with Crippen molar-refractivity contribution in [2.45, 2.75) is 23.9 Å². The van der Waals surface area contributed by atoms with E-state index in [0.717, 1.165) is 19.1 Å².